The van der Waals surface area contributed by atoms with Gasteiger partial charge in [0.2, 0.25) is 0 Å². The van der Waals surface area contributed by atoms with Crippen molar-refractivity contribution in [2.24, 2.45) is 20.0 Å². The largest absolute Gasteiger partial charge is 0.499 e. The number of hydrogen-bond donors (Lipinski definition) is 1. The predicted octanol–water partition coefficient (Wildman–Crippen LogP) is 2.67. The van der Waals surface area contributed by atoms with Gasteiger partial charge in [-0.2, -0.15) is 0 Å². The molecule has 0 spiro atoms. The van der Waals surface area contributed by atoms with E-state index in [1.54, 1.807) is 42.5 Å². The second-order valence-corrected chi connectivity index (χ2v) is 8.30. The minimum atomic E-state index is -0.900. The second-order valence-electron chi connectivity index (χ2n) is 7.05. The van der Waals surface area contributed by atoms with Crippen LogP contribution in [0.25, 0.3) is 0 Å². The summed E-state index contributed by atoms with van der Waals surface area (Å²) in [7, 11) is 2.71. The normalized spacial score (nSPS) is 10.2. The average Bonchev–Trinajstić information content (AvgIpc) is 2.84. The first-order chi connectivity index (χ1) is 16.7. The lowest BCUT2D eigenvalue weighted by Crippen LogP contribution is -2.43. The highest BCUT2D eigenvalue weighted by atomic mass is 127. The van der Waals surface area contributed by atoms with E-state index in [1.165, 1.54) is 31.0 Å². The van der Waals surface area contributed by atoms with Gasteiger partial charge in [0.15, 0.2) is 0 Å². The Morgan fingerprint density at radius 2 is 1.80 bits per heavy atom. The van der Waals surface area contributed by atoms with E-state index in [9.17, 15) is 18.8 Å². The summed E-state index contributed by atoms with van der Waals surface area (Å²) in [4.78, 5) is 42.0. The predicted molar refractivity (Wildman–Crippen MR) is 137 cm³/mol. The monoisotopic (exact) mass is 597 g/mol. The SMILES string of the molecule is C=COCCON.Cn1c(Cc2ccc(I)cc2F)c(C(=O)Oc2ccccc2)c(=O)n(C)c1=O. The maximum absolute atomic E-state index is 14.3. The molecule has 0 aliphatic heterocycles. The minimum absolute atomic E-state index is 0.0918. The fourth-order valence-electron chi connectivity index (χ4n) is 2.97. The zero-order valence-electron chi connectivity index (χ0n) is 19.2. The van der Waals surface area contributed by atoms with Crippen LogP contribution in [0.15, 0.2) is 71.0 Å². The third-order valence-electron chi connectivity index (χ3n) is 4.75. The van der Waals surface area contributed by atoms with Gasteiger partial charge < -0.3 is 14.3 Å². The molecule has 9 nitrogen and oxygen atoms in total. The van der Waals surface area contributed by atoms with Crippen molar-refractivity contribution in [3.63, 3.8) is 0 Å². The molecule has 0 bridgehead atoms. The Kier molecular flexibility index (Phi) is 10.8. The topological polar surface area (TPSA) is 115 Å². The van der Waals surface area contributed by atoms with Gasteiger partial charge in [-0.25, -0.2) is 19.9 Å². The Balaban J connectivity index is 0.000000540. The van der Waals surface area contributed by atoms with Crippen molar-refractivity contribution in [3.8, 4) is 5.75 Å². The molecular formula is C24H25FIN3O6. The van der Waals surface area contributed by atoms with E-state index in [0.717, 1.165) is 4.57 Å². The molecule has 11 heteroatoms. The Hall–Kier alpha value is -3.29. The number of aromatic nitrogens is 2. The van der Waals surface area contributed by atoms with E-state index in [-0.39, 0.29) is 29.0 Å². The molecule has 186 valence electrons. The minimum Gasteiger partial charge on any atom is -0.499 e. The number of nitrogens with two attached hydrogens (primary N) is 1. The zero-order valence-corrected chi connectivity index (χ0v) is 21.4. The Morgan fingerprint density at radius 1 is 1.11 bits per heavy atom. The first-order valence-corrected chi connectivity index (χ1v) is 11.3. The molecule has 2 N–H and O–H groups in total. The van der Waals surface area contributed by atoms with Crippen molar-refractivity contribution in [2.75, 3.05) is 13.2 Å². The van der Waals surface area contributed by atoms with E-state index in [1.807, 2.05) is 22.6 Å². The highest BCUT2D eigenvalue weighted by Gasteiger charge is 2.24. The van der Waals surface area contributed by atoms with Crippen LogP contribution >= 0.6 is 22.6 Å². The van der Waals surface area contributed by atoms with Gasteiger partial charge in [0.1, 0.15) is 30.3 Å². The quantitative estimate of drug-likeness (QED) is 0.106. The fourth-order valence-corrected chi connectivity index (χ4v) is 3.42. The highest BCUT2D eigenvalue weighted by molar-refractivity contribution is 14.1. The van der Waals surface area contributed by atoms with Crippen molar-refractivity contribution in [1.82, 2.24) is 9.13 Å². The molecule has 3 rings (SSSR count). The van der Waals surface area contributed by atoms with Gasteiger partial charge in [-0.1, -0.05) is 30.8 Å². The summed E-state index contributed by atoms with van der Waals surface area (Å²) in [5.74, 6) is 3.53. The average molecular weight is 597 g/mol. The molecule has 0 fully saturated rings. The molecule has 2 aromatic carbocycles. The van der Waals surface area contributed by atoms with Gasteiger partial charge in [-0.05, 0) is 52.4 Å². The number of para-hydroxylation sites is 1. The summed E-state index contributed by atoms with van der Waals surface area (Å²) in [6.45, 7) is 4.19. The van der Waals surface area contributed by atoms with Crippen molar-refractivity contribution in [1.29, 1.82) is 0 Å². The molecule has 0 amide bonds. The van der Waals surface area contributed by atoms with Crippen LogP contribution in [0, 0.1) is 9.39 Å². The van der Waals surface area contributed by atoms with E-state index >= 15 is 0 Å². The highest BCUT2D eigenvalue weighted by Crippen LogP contribution is 2.18. The van der Waals surface area contributed by atoms with Crippen molar-refractivity contribution < 1.29 is 23.5 Å². The summed E-state index contributed by atoms with van der Waals surface area (Å²) in [6, 6.07) is 12.9. The van der Waals surface area contributed by atoms with Crippen LogP contribution in [-0.4, -0.2) is 28.3 Å². The molecule has 3 aromatic rings. The lowest BCUT2D eigenvalue weighted by Gasteiger charge is -2.15. The van der Waals surface area contributed by atoms with Crippen LogP contribution in [0.3, 0.4) is 0 Å². The number of ether oxygens (including phenoxy) is 2. The first kappa shape index (κ1) is 28.0. The maximum atomic E-state index is 14.3. The molecule has 35 heavy (non-hydrogen) atoms. The maximum Gasteiger partial charge on any atom is 0.351 e. The van der Waals surface area contributed by atoms with Gasteiger partial charge in [0, 0.05) is 29.8 Å². The van der Waals surface area contributed by atoms with Gasteiger partial charge >= 0.3 is 11.7 Å². The van der Waals surface area contributed by atoms with E-state index in [4.69, 9.17) is 4.74 Å². The second kappa shape index (κ2) is 13.6. The van der Waals surface area contributed by atoms with Gasteiger partial charge in [-0.15, -0.1) is 0 Å². The number of hydrogen-bond acceptors (Lipinski definition) is 7. The standard InChI is InChI=1S/C20H16FIN2O4.C4H9NO2/c1-23-16(10-12-8-9-13(22)11-15(12)21)17(18(25)24(2)20(23)27)19(26)28-14-6-4-3-5-7-14;1-2-6-3-4-7-5/h3-9,11H,10H2,1-2H3;2H,1,3-5H2. The third kappa shape index (κ3) is 7.60. The van der Waals surface area contributed by atoms with Crippen LogP contribution in [0.4, 0.5) is 4.39 Å². The summed E-state index contributed by atoms with van der Waals surface area (Å²) in [5.41, 5.74) is -1.34. The summed E-state index contributed by atoms with van der Waals surface area (Å²) in [5, 5.41) is 0. The van der Waals surface area contributed by atoms with Crippen LogP contribution in [0.2, 0.25) is 0 Å². The lowest BCUT2D eigenvalue weighted by molar-refractivity contribution is 0.0729. The Bertz CT molecular complexity index is 1290. The molecule has 0 unspecified atom stereocenters. The molecule has 0 saturated carbocycles. The number of carbonyl (C=O) groups is 1. The number of rotatable bonds is 8. The van der Waals surface area contributed by atoms with Crippen LogP contribution < -0.4 is 21.9 Å². The van der Waals surface area contributed by atoms with Gasteiger partial charge in [0.25, 0.3) is 5.56 Å². The molecule has 0 aliphatic rings. The number of halogens is 2. The van der Waals surface area contributed by atoms with E-state index < -0.39 is 23.0 Å². The summed E-state index contributed by atoms with van der Waals surface area (Å²) in [6.07, 6.45) is 1.24. The van der Waals surface area contributed by atoms with E-state index in [2.05, 4.69) is 22.1 Å². The van der Waals surface area contributed by atoms with Crippen molar-refractivity contribution >= 4 is 28.6 Å². The van der Waals surface area contributed by atoms with Gasteiger partial charge in [-0.3, -0.25) is 13.9 Å². The summed E-state index contributed by atoms with van der Waals surface area (Å²) >= 11 is 1.98. The molecular weight excluding hydrogens is 572 g/mol. The number of esters is 1. The van der Waals surface area contributed by atoms with Crippen LogP contribution in [-0.2, 0) is 30.1 Å². The zero-order chi connectivity index (χ0) is 26.0. The van der Waals surface area contributed by atoms with Gasteiger partial charge in [0.05, 0.1) is 6.26 Å². The molecule has 1 aromatic heterocycles. The van der Waals surface area contributed by atoms with Crippen molar-refractivity contribution in [3.05, 3.63) is 108 Å². The molecule has 0 radical (unpaired) electrons. The molecule has 0 atom stereocenters. The lowest BCUT2D eigenvalue weighted by atomic mass is 10.0. The van der Waals surface area contributed by atoms with Crippen LogP contribution in [0.5, 0.6) is 5.75 Å². The van der Waals surface area contributed by atoms with E-state index in [0.29, 0.717) is 16.8 Å². The summed E-state index contributed by atoms with van der Waals surface area (Å²) < 4.78 is 27.0. The molecule has 1 heterocycles. The van der Waals surface area contributed by atoms with Crippen molar-refractivity contribution in [2.45, 2.75) is 6.42 Å². The third-order valence-corrected chi connectivity index (χ3v) is 5.42. The number of nitrogens with zero attached hydrogens (tertiary/aromatic N) is 2. The smallest absolute Gasteiger partial charge is 0.351 e. The Morgan fingerprint density at radius 3 is 2.40 bits per heavy atom. The Labute approximate surface area is 214 Å². The first-order valence-electron chi connectivity index (χ1n) is 10.3. The molecule has 0 saturated heterocycles. The fraction of sp³-hybridized carbons (Fsp3) is 0.208. The number of benzene rings is 2. The molecule has 0 aliphatic carbocycles. The van der Waals surface area contributed by atoms with Crippen LogP contribution in [0.1, 0.15) is 21.6 Å². The number of carbonyl (C=O) groups excluding carboxylic acids is 1.